The Balaban J connectivity index is 2.05. The summed E-state index contributed by atoms with van der Waals surface area (Å²) in [4.78, 5) is 0. The first-order valence-corrected chi connectivity index (χ1v) is 7.89. The molecule has 2 rings (SSSR count). The van der Waals surface area contributed by atoms with E-state index in [-0.39, 0.29) is 0 Å². The highest BCUT2D eigenvalue weighted by atomic mass is 16.5. The maximum absolute atomic E-state index is 5.68. The zero-order valence-electron chi connectivity index (χ0n) is 12.9. The Morgan fingerprint density at radius 3 is 2.55 bits per heavy atom. The Bertz CT molecular complexity index is 419. The van der Waals surface area contributed by atoms with Crippen LogP contribution in [0.5, 0.6) is 11.5 Å². The molecular formula is C17H27NO2. The van der Waals surface area contributed by atoms with Crippen LogP contribution in [0.3, 0.4) is 0 Å². The quantitative estimate of drug-likeness (QED) is 0.832. The smallest absolute Gasteiger partial charge is 0.163 e. The molecule has 0 heterocycles. The van der Waals surface area contributed by atoms with Gasteiger partial charge in [-0.05, 0) is 44.7 Å². The first kappa shape index (κ1) is 15.0. The van der Waals surface area contributed by atoms with Crippen molar-refractivity contribution in [3.05, 3.63) is 18.2 Å². The Morgan fingerprint density at radius 1 is 1.10 bits per heavy atom. The molecule has 3 nitrogen and oxygen atoms in total. The normalized spacial score (nSPS) is 22.4. The fourth-order valence-corrected chi connectivity index (χ4v) is 2.94. The van der Waals surface area contributed by atoms with Crippen molar-refractivity contribution in [2.45, 2.75) is 52.5 Å². The third-order valence-corrected chi connectivity index (χ3v) is 3.85. The summed E-state index contributed by atoms with van der Waals surface area (Å²) < 4.78 is 11.3. The van der Waals surface area contributed by atoms with Gasteiger partial charge in [0.15, 0.2) is 11.5 Å². The van der Waals surface area contributed by atoms with Gasteiger partial charge in [-0.1, -0.05) is 19.8 Å². The van der Waals surface area contributed by atoms with E-state index in [1.54, 1.807) is 0 Å². The van der Waals surface area contributed by atoms with Crippen LogP contribution in [0, 0.1) is 5.92 Å². The number of benzene rings is 1. The van der Waals surface area contributed by atoms with Crippen LogP contribution in [0.15, 0.2) is 18.2 Å². The molecule has 3 heteroatoms. The van der Waals surface area contributed by atoms with E-state index in [9.17, 15) is 0 Å². The van der Waals surface area contributed by atoms with Crippen molar-refractivity contribution in [2.75, 3.05) is 18.5 Å². The van der Waals surface area contributed by atoms with Crippen LogP contribution in [0.2, 0.25) is 0 Å². The largest absolute Gasteiger partial charge is 0.490 e. The fraction of sp³-hybridized carbons (Fsp3) is 0.647. The van der Waals surface area contributed by atoms with Crippen LogP contribution < -0.4 is 14.8 Å². The Hall–Kier alpha value is -1.38. The van der Waals surface area contributed by atoms with Gasteiger partial charge in [-0.3, -0.25) is 0 Å². The predicted octanol–water partition coefficient (Wildman–Crippen LogP) is 4.47. The number of nitrogens with one attached hydrogen (secondary N) is 1. The van der Waals surface area contributed by atoms with E-state index < -0.39 is 0 Å². The van der Waals surface area contributed by atoms with Gasteiger partial charge in [0, 0.05) is 17.8 Å². The molecule has 1 aromatic carbocycles. The lowest BCUT2D eigenvalue weighted by atomic mass is 9.87. The molecule has 20 heavy (non-hydrogen) atoms. The molecule has 0 spiro atoms. The molecule has 0 aromatic heterocycles. The zero-order chi connectivity index (χ0) is 14.4. The summed E-state index contributed by atoms with van der Waals surface area (Å²) in [5.41, 5.74) is 1.14. The lowest BCUT2D eigenvalue weighted by Gasteiger charge is -2.28. The van der Waals surface area contributed by atoms with E-state index in [1.165, 1.54) is 25.7 Å². The van der Waals surface area contributed by atoms with Crippen LogP contribution in [0.25, 0.3) is 0 Å². The molecule has 1 aliphatic carbocycles. The van der Waals surface area contributed by atoms with Gasteiger partial charge in [-0.25, -0.2) is 0 Å². The zero-order valence-corrected chi connectivity index (χ0v) is 12.9. The molecule has 2 atom stereocenters. The molecule has 0 bridgehead atoms. The van der Waals surface area contributed by atoms with Gasteiger partial charge in [-0.15, -0.1) is 0 Å². The summed E-state index contributed by atoms with van der Waals surface area (Å²) in [5.74, 6) is 2.50. The van der Waals surface area contributed by atoms with Crippen molar-refractivity contribution >= 4 is 5.69 Å². The van der Waals surface area contributed by atoms with Crippen LogP contribution >= 0.6 is 0 Å². The van der Waals surface area contributed by atoms with E-state index in [0.717, 1.165) is 23.1 Å². The Kier molecular flexibility index (Phi) is 5.57. The van der Waals surface area contributed by atoms with Crippen LogP contribution in [0.1, 0.15) is 46.5 Å². The molecule has 0 aliphatic heterocycles. The highest BCUT2D eigenvalue weighted by molar-refractivity contribution is 5.55. The number of rotatable bonds is 6. The summed E-state index contributed by atoms with van der Waals surface area (Å²) in [6, 6.07) is 6.75. The lowest BCUT2D eigenvalue weighted by Crippen LogP contribution is -2.26. The van der Waals surface area contributed by atoms with Crippen molar-refractivity contribution in [2.24, 2.45) is 5.92 Å². The fourth-order valence-electron chi connectivity index (χ4n) is 2.94. The van der Waals surface area contributed by atoms with Gasteiger partial charge in [-0.2, -0.15) is 0 Å². The molecule has 1 saturated carbocycles. The van der Waals surface area contributed by atoms with Gasteiger partial charge >= 0.3 is 0 Å². The summed E-state index contributed by atoms with van der Waals surface area (Å²) >= 11 is 0. The first-order valence-electron chi connectivity index (χ1n) is 7.89. The number of hydrogen-bond donors (Lipinski definition) is 1. The highest BCUT2D eigenvalue weighted by Crippen LogP contribution is 2.32. The van der Waals surface area contributed by atoms with Gasteiger partial charge in [0.2, 0.25) is 0 Å². The van der Waals surface area contributed by atoms with Gasteiger partial charge in [0.05, 0.1) is 13.2 Å². The number of ether oxygens (including phenoxy) is 2. The molecule has 1 N–H and O–H groups in total. The molecule has 0 radical (unpaired) electrons. The Labute approximate surface area is 122 Å². The second-order valence-corrected chi connectivity index (χ2v) is 5.64. The Morgan fingerprint density at radius 2 is 1.85 bits per heavy atom. The van der Waals surface area contributed by atoms with Crippen molar-refractivity contribution in [1.29, 1.82) is 0 Å². The average Bonchev–Trinajstić information content (AvgIpc) is 2.42. The van der Waals surface area contributed by atoms with E-state index in [1.807, 2.05) is 19.9 Å². The second kappa shape index (κ2) is 7.41. The monoisotopic (exact) mass is 277 g/mol. The van der Waals surface area contributed by atoms with E-state index in [4.69, 9.17) is 9.47 Å². The van der Waals surface area contributed by atoms with Crippen molar-refractivity contribution < 1.29 is 9.47 Å². The molecule has 2 unspecified atom stereocenters. The summed E-state index contributed by atoms with van der Waals surface area (Å²) in [6.07, 6.45) is 5.22. The van der Waals surface area contributed by atoms with Crippen LogP contribution in [-0.2, 0) is 0 Å². The van der Waals surface area contributed by atoms with Gasteiger partial charge in [0.25, 0.3) is 0 Å². The molecule has 1 aromatic rings. The number of hydrogen-bond acceptors (Lipinski definition) is 3. The first-order chi connectivity index (χ1) is 9.72. The average molecular weight is 277 g/mol. The summed E-state index contributed by atoms with van der Waals surface area (Å²) in [6.45, 7) is 7.65. The highest BCUT2D eigenvalue weighted by Gasteiger charge is 2.19. The minimum atomic E-state index is 0.589. The molecule has 1 aliphatic rings. The lowest BCUT2D eigenvalue weighted by molar-refractivity contribution is 0.288. The van der Waals surface area contributed by atoms with E-state index >= 15 is 0 Å². The van der Waals surface area contributed by atoms with Gasteiger partial charge in [0.1, 0.15) is 0 Å². The van der Waals surface area contributed by atoms with Crippen LogP contribution in [-0.4, -0.2) is 19.3 Å². The van der Waals surface area contributed by atoms with Crippen molar-refractivity contribution in [3.8, 4) is 11.5 Å². The summed E-state index contributed by atoms with van der Waals surface area (Å²) in [7, 11) is 0. The SMILES string of the molecule is CCOc1ccc(NC2CCCC(C)C2)cc1OCC. The predicted molar refractivity (Wildman–Crippen MR) is 83.8 cm³/mol. The molecule has 0 amide bonds. The molecule has 1 fully saturated rings. The van der Waals surface area contributed by atoms with Crippen molar-refractivity contribution in [1.82, 2.24) is 0 Å². The van der Waals surface area contributed by atoms with E-state index in [2.05, 4.69) is 24.4 Å². The standard InChI is InChI=1S/C17H27NO2/c1-4-19-16-10-9-15(12-17(16)20-5-2)18-14-8-6-7-13(3)11-14/h9-10,12-14,18H,4-8,11H2,1-3H3. The summed E-state index contributed by atoms with van der Waals surface area (Å²) in [5, 5.41) is 3.64. The number of anilines is 1. The van der Waals surface area contributed by atoms with Crippen molar-refractivity contribution in [3.63, 3.8) is 0 Å². The molecular weight excluding hydrogens is 250 g/mol. The maximum atomic E-state index is 5.68. The maximum Gasteiger partial charge on any atom is 0.163 e. The molecule has 0 saturated heterocycles. The topological polar surface area (TPSA) is 30.5 Å². The third kappa shape index (κ3) is 4.06. The molecule has 112 valence electrons. The second-order valence-electron chi connectivity index (χ2n) is 5.64. The third-order valence-electron chi connectivity index (χ3n) is 3.85. The van der Waals surface area contributed by atoms with E-state index in [0.29, 0.717) is 19.3 Å². The minimum absolute atomic E-state index is 0.589. The van der Waals surface area contributed by atoms with Gasteiger partial charge < -0.3 is 14.8 Å². The minimum Gasteiger partial charge on any atom is -0.490 e. The van der Waals surface area contributed by atoms with Crippen LogP contribution in [0.4, 0.5) is 5.69 Å².